The van der Waals surface area contributed by atoms with Gasteiger partial charge in [0.1, 0.15) is 17.1 Å². The zero-order valence-electron chi connectivity index (χ0n) is 15.6. The first kappa shape index (κ1) is 18.9. The number of carbonyl (C=O) groups excluding carboxylic acids is 1. The van der Waals surface area contributed by atoms with Crippen molar-refractivity contribution in [2.75, 3.05) is 12.8 Å². The van der Waals surface area contributed by atoms with Gasteiger partial charge < -0.3 is 10.0 Å². The number of halogens is 1. The fourth-order valence-corrected chi connectivity index (χ4v) is 4.28. The molecule has 1 atom stereocenters. The molecule has 2 heterocycles. The highest BCUT2D eigenvalue weighted by molar-refractivity contribution is 7.98. The van der Waals surface area contributed by atoms with Gasteiger partial charge in [-0.3, -0.25) is 9.89 Å². The summed E-state index contributed by atoms with van der Waals surface area (Å²) in [5, 5.41) is 18.1. The van der Waals surface area contributed by atoms with Crippen LogP contribution in [0.1, 0.15) is 41.0 Å². The second kappa shape index (κ2) is 7.53. The summed E-state index contributed by atoms with van der Waals surface area (Å²) in [5.74, 6) is 0.00707. The minimum Gasteiger partial charge on any atom is -0.507 e. The van der Waals surface area contributed by atoms with E-state index in [0.29, 0.717) is 28.5 Å². The first-order chi connectivity index (χ1) is 13.5. The summed E-state index contributed by atoms with van der Waals surface area (Å²) in [6, 6.07) is 12.8. The van der Waals surface area contributed by atoms with E-state index in [1.807, 2.05) is 11.2 Å². The van der Waals surface area contributed by atoms with E-state index in [1.54, 1.807) is 30.0 Å². The van der Waals surface area contributed by atoms with Crippen molar-refractivity contribution in [1.82, 2.24) is 15.1 Å². The predicted molar refractivity (Wildman–Crippen MR) is 112 cm³/mol. The molecule has 1 amide bonds. The van der Waals surface area contributed by atoms with Gasteiger partial charge in [0, 0.05) is 27.6 Å². The van der Waals surface area contributed by atoms with Gasteiger partial charge in [0.15, 0.2) is 0 Å². The number of nitrogens with zero attached hydrogens (tertiary/aromatic N) is 2. The number of H-pyrrole nitrogens is 1. The van der Waals surface area contributed by atoms with Crippen molar-refractivity contribution in [3.8, 4) is 17.0 Å². The number of fused-ring (bicyclic) bond motifs is 1. The number of thioether (sulfide) groups is 1. The molecule has 1 aromatic heterocycles. The number of hydrogen-bond donors (Lipinski definition) is 2. The quantitative estimate of drug-likeness (QED) is 0.570. The lowest BCUT2D eigenvalue weighted by atomic mass is 9.95. The van der Waals surface area contributed by atoms with Gasteiger partial charge in [0.2, 0.25) is 0 Å². The Morgan fingerprint density at radius 1 is 1.25 bits per heavy atom. The molecule has 0 saturated heterocycles. The van der Waals surface area contributed by atoms with Gasteiger partial charge in [-0.25, -0.2) is 0 Å². The van der Waals surface area contributed by atoms with Gasteiger partial charge in [-0.15, -0.1) is 11.8 Å². The summed E-state index contributed by atoms with van der Waals surface area (Å²) in [5.41, 5.74) is 3.35. The normalized spacial score (nSPS) is 15.9. The van der Waals surface area contributed by atoms with Crippen LogP contribution >= 0.6 is 23.4 Å². The van der Waals surface area contributed by atoms with Crippen LogP contribution < -0.4 is 0 Å². The van der Waals surface area contributed by atoms with Crippen LogP contribution in [0.4, 0.5) is 0 Å². The summed E-state index contributed by atoms with van der Waals surface area (Å²) in [6.45, 7) is 2.69. The minimum absolute atomic E-state index is 0.0731. The van der Waals surface area contributed by atoms with Crippen LogP contribution in [0.3, 0.4) is 0 Å². The fraction of sp³-hybridized carbons (Fsp3) is 0.238. The molecule has 5 nitrogen and oxygen atoms in total. The Morgan fingerprint density at radius 2 is 2.00 bits per heavy atom. The molecule has 1 aliphatic rings. The second-order valence-corrected chi connectivity index (χ2v) is 8.01. The Morgan fingerprint density at radius 3 is 2.68 bits per heavy atom. The zero-order chi connectivity index (χ0) is 19.8. The Labute approximate surface area is 172 Å². The van der Waals surface area contributed by atoms with Crippen molar-refractivity contribution in [2.24, 2.45) is 0 Å². The number of rotatable bonds is 5. The zero-order valence-corrected chi connectivity index (χ0v) is 17.1. The topological polar surface area (TPSA) is 69.2 Å². The largest absolute Gasteiger partial charge is 0.507 e. The lowest BCUT2D eigenvalue weighted by Gasteiger charge is -2.26. The van der Waals surface area contributed by atoms with E-state index in [2.05, 4.69) is 41.4 Å². The van der Waals surface area contributed by atoms with E-state index in [-0.39, 0.29) is 17.7 Å². The average molecular weight is 414 g/mol. The van der Waals surface area contributed by atoms with Gasteiger partial charge in [-0.05, 0) is 48.6 Å². The third-order valence-electron chi connectivity index (χ3n) is 4.97. The molecule has 0 fully saturated rings. The predicted octanol–water partition coefficient (Wildman–Crippen LogP) is 5.11. The van der Waals surface area contributed by atoms with Crippen molar-refractivity contribution in [2.45, 2.75) is 24.3 Å². The first-order valence-electron chi connectivity index (χ1n) is 9.07. The molecule has 0 bridgehead atoms. The fourth-order valence-electron chi connectivity index (χ4n) is 3.70. The van der Waals surface area contributed by atoms with Gasteiger partial charge >= 0.3 is 0 Å². The number of benzene rings is 2. The number of aromatic hydroxyl groups is 1. The molecule has 0 saturated carbocycles. The number of hydrogen-bond acceptors (Lipinski definition) is 4. The van der Waals surface area contributed by atoms with Crippen LogP contribution in [0.5, 0.6) is 5.75 Å². The Hall–Kier alpha value is -2.44. The van der Waals surface area contributed by atoms with Gasteiger partial charge in [0.05, 0.1) is 6.04 Å². The van der Waals surface area contributed by atoms with Crippen molar-refractivity contribution >= 4 is 29.3 Å². The second-order valence-electron chi connectivity index (χ2n) is 6.70. The molecule has 0 aliphatic carbocycles. The molecule has 4 rings (SSSR count). The Balaban J connectivity index is 1.90. The maximum absolute atomic E-state index is 13.1. The third kappa shape index (κ3) is 3.06. The number of aromatic amines is 1. The van der Waals surface area contributed by atoms with Crippen molar-refractivity contribution < 1.29 is 9.90 Å². The smallest absolute Gasteiger partial charge is 0.273 e. The van der Waals surface area contributed by atoms with Gasteiger partial charge in [-0.2, -0.15) is 5.10 Å². The molecule has 2 N–H and O–H groups in total. The molecular weight excluding hydrogens is 394 g/mol. The summed E-state index contributed by atoms with van der Waals surface area (Å²) >= 11 is 7.83. The number of amides is 1. The third-order valence-corrected chi connectivity index (χ3v) is 5.95. The van der Waals surface area contributed by atoms with Crippen molar-refractivity contribution in [3.05, 3.63) is 64.3 Å². The molecule has 2 aromatic carbocycles. The first-order valence-corrected chi connectivity index (χ1v) is 10.7. The average Bonchev–Trinajstić information content (AvgIpc) is 3.24. The van der Waals surface area contributed by atoms with E-state index >= 15 is 0 Å². The molecule has 1 aliphatic heterocycles. The molecule has 0 radical (unpaired) electrons. The summed E-state index contributed by atoms with van der Waals surface area (Å²) in [4.78, 5) is 16.1. The maximum Gasteiger partial charge on any atom is 0.273 e. The molecule has 7 heteroatoms. The van der Waals surface area contributed by atoms with Gasteiger partial charge in [-0.1, -0.05) is 30.7 Å². The highest BCUT2D eigenvalue weighted by Gasteiger charge is 2.42. The number of phenols is 1. The molecule has 144 valence electrons. The number of carbonyl (C=O) groups is 1. The summed E-state index contributed by atoms with van der Waals surface area (Å²) in [7, 11) is 0. The van der Waals surface area contributed by atoms with E-state index in [4.69, 9.17) is 11.6 Å². The molecule has 0 spiro atoms. The lowest BCUT2D eigenvalue weighted by Crippen LogP contribution is -2.30. The lowest BCUT2D eigenvalue weighted by molar-refractivity contribution is 0.0744. The van der Waals surface area contributed by atoms with E-state index in [9.17, 15) is 9.90 Å². The molecule has 3 aromatic rings. The summed E-state index contributed by atoms with van der Waals surface area (Å²) in [6.07, 6.45) is 2.88. The van der Waals surface area contributed by atoms with Crippen LogP contribution in [-0.4, -0.2) is 38.9 Å². The van der Waals surface area contributed by atoms with Crippen LogP contribution in [0.2, 0.25) is 5.02 Å². The monoisotopic (exact) mass is 413 g/mol. The van der Waals surface area contributed by atoms with Crippen molar-refractivity contribution in [1.29, 1.82) is 0 Å². The standard InChI is InChI=1S/C21H20ClN3O2S/c1-3-10-25-20(12-4-7-14(28-2)8-5-12)17-18(23-24-19(17)21(25)27)15-11-13(22)6-9-16(15)26/h4-9,11,20,26H,3,10H2,1-2H3,(H,23,24). The van der Waals surface area contributed by atoms with E-state index < -0.39 is 0 Å². The van der Waals surface area contributed by atoms with Gasteiger partial charge in [0.25, 0.3) is 5.91 Å². The summed E-state index contributed by atoms with van der Waals surface area (Å²) < 4.78 is 0. The minimum atomic E-state index is -0.259. The number of phenolic OH excluding ortho intramolecular Hbond substituents is 1. The Kier molecular flexibility index (Phi) is 5.08. The van der Waals surface area contributed by atoms with Crippen LogP contribution in [0.15, 0.2) is 47.4 Å². The van der Waals surface area contributed by atoms with Crippen molar-refractivity contribution in [3.63, 3.8) is 0 Å². The van der Waals surface area contributed by atoms with Crippen LogP contribution in [0.25, 0.3) is 11.3 Å². The molecular formula is C21H20ClN3O2S. The number of aromatic nitrogens is 2. The van der Waals surface area contributed by atoms with Crippen LogP contribution in [0, 0.1) is 0 Å². The maximum atomic E-state index is 13.1. The number of nitrogens with one attached hydrogen (secondary N) is 1. The van der Waals surface area contributed by atoms with E-state index in [0.717, 1.165) is 22.4 Å². The SMILES string of the molecule is CCCN1C(=O)c2[nH]nc(-c3cc(Cl)ccc3O)c2C1c1ccc(SC)cc1. The van der Waals surface area contributed by atoms with E-state index in [1.165, 1.54) is 0 Å². The van der Waals surface area contributed by atoms with Crippen LogP contribution in [-0.2, 0) is 0 Å². The highest BCUT2D eigenvalue weighted by atomic mass is 35.5. The molecule has 28 heavy (non-hydrogen) atoms. The molecule has 1 unspecified atom stereocenters. The Bertz CT molecular complexity index is 1030. The highest BCUT2D eigenvalue weighted by Crippen LogP contribution is 2.45.